The molecule has 0 aliphatic carbocycles. The molecule has 0 aliphatic heterocycles. The van der Waals surface area contributed by atoms with E-state index in [1.165, 1.54) is 0 Å². The Balaban J connectivity index is 6.54. The molecular weight excluding hydrogens is 411 g/mol. The molecule has 0 aromatic rings. The Bertz CT molecular complexity index is 535. The fraction of sp³-hybridized carbons (Fsp3) is 0.762. The molecule has 1 amide bonds. The highest BCUT2D eigenvalue weighted by molar-refractivity contribution is 7.90. The van der Waals surface area contributed by atoms with E-state index in [1.807, 2.05) is 38.7 Å². The third kappa shape index (κ3) is 6.06. The minimum atomic E-state index is -1.75. The van der Waals surface area contributed by atoms with Crippen molar-refractivity contribution in [3.63, 3.8) is 0 Å². The zero-order chi connectivity index (χ0) is 22.7. The van der Waals surface area contributed by atoms with Gasteiger partial charge in [0.25, 0.3) is 0 Å². The molecule has 0 aromatic carbocycles. The van der Waals surface area contributed by atoms with Gasteiger partial charge in [0, 0.05) is 41.3 Å². The number of nitrogens with zero attached hydrogens (tertiary/aromatic N) is 1. The van der Waals surface area contributed by atoms with Gasteiger partial charge in [0.05, 0.1) is 6.63 Å². The first-order valence-corrected chi connectivity index (χ1v) is 26.2. The number of carbonyl (C=O) groups excluding carboxylic acids is 1. The lowest BCUT2D eigenvalue weighted by Crippen LogP contribution is -2.82. The highest BCUT2D eigenvalue weighted by Gasteiger charge is 2.60. The van der Waals surface area contributed by atoms with Crippen LogP contribution in [0.5, 0.6) is 0 Å². The second kappa shape index (κ2) is 9.62. The van der Waals surface area contributed by atoms with Gasteiger partial charge < -0.3 is 9.64 Å². The van der Waals surface area contributed by atoms with Crippen molar-refractivity contribution in [2.24, 2.45) is 0 Å². The predicted molar refractivity (Wildman–Crippen MR) is 137 cm³/mol. The fourth-order valence-corrected chi connectivity index (χ4v) is 101. The molecular formula is C21H47NO2Si4. The van der Waals surface area contributed by atoms with Gasteiger partial charge in [-0.2, -0.15) is 0 Å². The molecule has 0 atom stereocenters. The van der Waals surface area contributed by atoms with Crippen molar-refractivity contribution >= 4 is 35.5 Å². The van der Waals surface area contributed by atoms with Gasteiger partial charge in [-0.05, 0) is 27.7 Å². The Labute approximate surface area is 179 Å². The topological polar surface area (TPSA) is 29.5 Å². The predicted octanol–water partition coefficient (Wildman–Crippen LogP) is 6.94. The minimum absolute atomic E-state index is 0.116. The first-order valence-electron chi connectivity index (χ1n) is 10.7. The smallest absolute Gasteiger partial charge is 0.415 e. The molecule has 28 heavy (non-hydrogen) atoms. The molecule has 0 saturated carbocycles. The van der Waals surface area contributed by atoms with Crippen molar-refractivity contribution in [3.8, 4) is 0 Å². The summed E-state index contributed by atoms with van der Waals surface area (Å²) in [6, 6.07) is 0.232. The van der Waals surface area contributed by atoms with Crippen LogP contribution in [0.2, 0.25) is 58.9 Å². The Kier molecular flexibility index (Phi) is 9.49. The SMILES string of the molecule is C=CC/C(=C/[Si]([Si](C)(C)C)([Si](C)(C)C)[Si](C)(C)C)OC(=O)N(C(C)C)C(C)C. The van der Waals surface area contributed by atoms with Crippen molar-refractivity contribution < 1.29 is 9.53 Å². The summed E-state index contributed by atoms with van der Waals surface area (Å²) in [4.78, 5) is 14.9. The Hall–Kier alpha value is -0.382. The van der Waals surface area contributed by atoms with Crippen LogP contribution in [0.15, 0.2) is 24.1 Å². The number of rotatable bonds is 9. The monoisotopic (exact) mass is 457 g/mol. The van der Waals surface area contributed by atoms with Gasteiger partial charge in [-0.15, -0.1) is 6.58 Å². The first-order chi connectivity index (χ1) is 12.3. The van der Waals surface area contributed by atoms with E-state index in [0.29, 0.717) is 6.42 Å². The Morgan fingerprint density at radius 3 is 1.46 bits per heavy atom. The molecule has 164 valence electrons. The van der Waals surface area contributed by atoms with Crippen molar-refractivity contribution in [2.45, 2.75) is 105 Å². The number of ether oxygens (including phenoxy) is 1. The highest BCUT2D eigenvalue weighted by atomic mass is 29.9. The summed E-state index contributed by atoms with van der Waals surface area (Å²) in [5.41, 5.74) is 2.55. The van der Waals surface area contributed by atoms with Gasteiger partial charge >= 0.3 is 6.09 Å². The number of amides is 1. The third-order valence-corrected chi connectivity index (χ3v) is 76.8. The van der Waals surface area contributed by atoms with Crippen molar-refractivity contribution in [3.05, 3.63) is 24.1 Å². The Morgan fingerprint density at radius 1 is 0.857 bits per heavy atom. The molecule has 0 saturated heterocycles. The standard InChI is InChI=1S/C21H47NO2Si4/c1-15-16-20(24-21(23)22(18(2)3)19(4)5)17-28(25(6,7)8,26(9,10)11)27(12,13)14/h15,17-19H,1,16H2,2-14H3/b20-17-. The maximum Gasteiger partial charge on any atom is 0.415 e. The summed E-state index contributed by atoms with van der Waals surface area (Å²) in [6.07, 6.45) is 2.29. The average Bonchev–Trinajstić information content (AvgIpc) is 2.39. The zero-order valence-electron chi connectivity index (χ0n) is 21.0. The van der Waals surface area contributed by atoms with E-state index in [2.05, 4.69) is 71.2 Å². The summed E-state index contributed by atoms with van der Waals surface area (Å²) in [5.74, 6) is 0.852. The molecule has 0 unspecified atom stereocenters. The van der Waals surface area contributed by atoms with E-state index in [0.717, 1.165) is 5.76 Å². The largest absolute Gasteiger partial charge is 0.415 e. The Morgan fingerprint density at radius 2 is 1.21 bits per heavy atom. The lowest BCUT2D eigenvalue weighted by atomic mass is 10.2. The maximum atomic E-state index is 13.0. The van der Waals surface area contributed by atoms with Crippen LogP contribution in [-0.4, -0.2) is 52.5 Å². The van der Waals surface area contributed by atoms with Gasteiger partial charge in [0.2, 0.25) is 0 Å². The molecule has 0 aliphatic rings. The van der Waals surface area contributed by atoms with E-state index >= 15 is 0 Å². The van der Waals surface area contributed by atoms with Crippen LogP contribution in [0.3, 0.4) is 0 Å². The van der Waals surface area contributed by atoms with E-state index in [-0.39, 0.29) is 18.2 Å². The van der Waals surface area contributed by atoms with Crippen LogP contribution in [-0.2, 0) is 4.74 Å². The minimum Gasteiger partial charge on any atom is -0.415 e. The normalized spacial score (nSPS) is 14.5. The zero-order valence-corrected chi connectivity index (χ0v) is 25.0. The molecule has 0 rings (SSSR count). The van der Waals surface area contributed by atoms with Gasteiger partial charge in [0.1, 0.15) is 5.76 Å². The van der Waals surface area contributed by atoms with Gasteiger partial charge in [-0.25, -0.2) is 4.79 Å². The lowest BCUT2D eigenvalue weighted by molar-refractivity contribution is 0.100. The summed E-state index contributed by atoms with van der Waals surface area (Å²) in [5, 5.41) is 0. The van der Waals surface area contributed by atoms with Crippen LogP contribution in [0.1, 0.15) is 34.1 Å². The van der Waals surface area contributed by atoms with Crippen LogP contribution in [0.25, 0.3) is 0 Å². The second-order valence-electron chi connectivity index (χ2n) is 11.6. The lowest BCUT2D eigenvalue weighted by Gasteiger charge is -2.55. The van der Waals surface area contributed by atoms with E-state index < -0.39 is 29.4 Å². The molecule has 0 spiro atoms. The van der Waals surface area contributed by atoms with E-state index in [1.54, 1.807) is 0 Å². The van der Waals surface area contributed by atoms with Crippen LogP contribution in [0, 0.1) is 0 Å². The molecule has 0 heterocycles. The quantitative estimate of drug-likeness (QED) is 0.213. The molecule has 0 radical (unpaired) electrons. The van der Waals surface area contributed by atoms with Crippen molar-refractivity contribution in [1.29, 1.82) is 0 Å². The number of hydrogen-bond acceptors (Lipinski definition) is 2. The number of hydrogen-bond donors (Lipinski definition) is 0. The molecule has 0 N–H and O–H groups in total. The van der Waals surface area contributed by atoms with Gasteiger partial charge in [0.15, 0.2) is 0 Å². The highest BCUT2D eigenvalue weighted by Crippen LogP contribution is 2.39. The molecule has 0 fully saturated rings. The molecule has 0 bridgehead atoms. The number of carbonyl (C=O) groups is 1. The number of allylic oxidation sites excluding steroid dienone is 1. The van der Waals surface area contributed by atoms with E-state index in [9.17, 15) is 4.79 Å². The second-order valence-corrected chi connectivity index (χ2v) is 52.1. The van der Waals surface area contributed by atoms with Crippen molar-refractivity contribution in [2.75, 3.05) is 0 Å². The van der Waals surface area contributed by atoms with Crippen molar-refractivity contribution in [1.82, 2.24) is 4.90 Å². The van der Waals surface area contributed by atoms with E-state index in [4.69, 9.17) is 4.74 Å². The molecule has 3 nitrogen and oxygen atoms in total. The molecule has 7 heteroatoms. The van der Waals surface area contributed by atoms with Gasteiger partial charge in [-0.1, -0.05) is 70.7 Å². The van der Waals surface area contributed by atoms with Crippen LogP contribution < -0.4 is 0 Å². The molecule has 0 aromatic heterocycles. The fourth-order valence-electron chi connectivity index (χ4n) is 5.72. The first kappa shape index (κ1) is 27.6. The maximum absolute atomic E-state index is 13.0. The summed E-state index contributed by atoms with van der Waals surface area (Å²) in [7, 11) is -4.42. The average molecular weight is 458 g/mol. The van der Waals surface area contributed by atoms with Crippen LogP contribution in [0.4, 0.5) is 4.79 Å². The summed E-state index contributed by atoms with van der Waals surface area (Å²) in [6.45, 7) is 33.3. The third-order valence-electron chi connectivity index (χ3n) is 5.81. The summed E-state index contributed by atoms with van der Waals surface area (Å²) >= 11 is 0. The van der Waals surface area contributed by atoms with Gasteiger partial charge in [-0.3, -0.25) is 0 Å². The summed E-state index contributed by atoms with van der Waals surface area (Å²) < 4.78 is 6.09. The van der Waals surface area contributed by atoms with Crippen LogP contribution >= 0.6 is 0 Å².